The second-order valence-electron chi connectivity index (χ2n) is 3.93. The third kappa shape index (κ3) is 3.34. The summed E-state index contributed by atoms with van der Waals surface area (Å²) in [4.78, 5) is 25.7. The quantitative estimate of drug-likeness (QED) is 0.707. The molecule has 0 aliphatic carbocycles. The van der Waals surface area contributed by atoms with Crippen LogP contribution in [-0.2, 0) is 0 Å². The molecule has 0 saturated carbocycles. The van der Waals surface area contributed by atoms with Crippen molar-refractivity contribution in [2.24, 2.45) is 5.73 Å². The van der Waals surface area contributed by atoms with Crippen molar-refractivity contribution in [3.05, 3.63) is 64.1 Å². The van der Waals surface area contributed by atoms with E-state index < -0.39 is 5.91 Å². The Balaban J connectivity index is 2.26. The summed E-state index contributed by atoms with van der Waals surface area (Å²) in [5.74, 6) is 5.22. The summed E-state index contributed by atoms with van der Waals surface area (Å²) in [5, 5.41) is 2.71. The van der Waals surface area contributed by atoms with Crippen molar-refractivity contribution in [1.82, 2.24) is 4.98 Å². The van der Waals surface area contributed by atoms with E-state index in [4.69, 9.17) is 5.73 Å². The van der Waals surface area contributed by atoms with Crippen molar-refractivity contribution >= 4 is 11.6 Å². The Labute approximate surface area is 115 Å². The molecular weight excluding hydrogens is 254 g/mol. The summed E-state index contributed by atoms with van der Waals surface area (Å²) in [6, 6.07) is 11.5. The van der Waals surface area contributed by atoms with Crippen molar-refractivity contribution in [1.29, 1.82) is 0 Å². The minimum atomic E-state index is -0.398. The largest absolute Gasteiger partial charge is 0.320 e. The number of nitrogens with one attached hydrogen (secondary N) is 2. The van der Waals surface area contributed by atoms with Gasteiger partial charge in [-0.2, -0.15) is 0 Å². The number of para-hydroxylation sites is 1. The van der Waals surface area contributed by atoms with Gasteiger partial charge in [-0.3, -0.25) is 9.59 Å². The number of hydrogen-bond acceptors (Lipinski definition) is 3. The lowest BCUT2D eigenvalue weighted by molar-refractivity contribution is 0.102. The van der Waals surface area contributed by atoms with Gasteiger partial charge in [-0.15, -0.1) is 0 Å². The van der Waals surface area contributed by atoms with Gasteiger partial charge in [0.1, 0.15) is 5.69 Å². The Morgan fingerprint density at radius 1 is 1.20 bits per heavy atom. The number of aromatic amines is 1. The number of amides is 1. The molecule has 0 unspecified atom stereocenters. The van der Waals surface area contributed by atoms with Crippen LogP contribution in [0.3, 0.4) is 0 Å². The second kappa shape index (κ2) is 6.36. The molecule has 0 atom stereocenters. The highest BCUT2D eigenvalue weighted by Crippen LogP contribution is 2.14. The van der Waals surface area contributed by atoms with E-state index in [1.165, 1.54) is 18.2 Å². The standard InChI is InChI=1S/C15H13N3O2/c16-10-4-6-11-5-1-2-7-12(11)18-15(20)13-8-3-9-14(19)17-13/h1-3,5,7-9H,10,16H2,(H,17,19)(H,18,20). The molecule has 0 spiro atoms. The molecule has 1 heterocycles. The van der Waals surface area contributed by atoms with Crippen LogP contribution >= 0.6 is 0 Å². The van der Waals surface area contributed by atoms with Gasteiger partial charge in [0.05, 0.1) is 12.2 Å². The van der Waals surface area contributed by atoms with Crippen LogP contribution in [0.2, 0.25) is 0 Å². The lowest BCUT2D eigenvalue weighted by atomic mass is 10.1. The Kier molecular flexibility index (Phi) is 4.32. The van der Waals surface area contributed by atoms with Crippen LogP contribution in [-0.4, -0.2) is 17.4 Å². The van der Waals surface area contributed by atoms with Crippen LogP contribution in [0, 0.1) is 11.8 Å². The number of pyridine rings is 1. The molecule has 5 heteroatoms. The molecule has 0 radical (unpaired) electrons. The number of benzene rings is 1. The molecule has 2 aromatic rings. The SMILES string of the molecule is NCC#Cc1ccccc1NC(=O)c1cccc(=O)[nH]1. The highest BCUT2D eigenvalue weighted by Gasteiger charge is 2.08. The second-order valence-corrected chi connectivity index (χ2v) is 3.93. The topological polar surface area (TPSA) is 88.0 Å². The first-order valence-corrected chi connectivity index (χ1v) is 5.99. The van der Waals surface area contributed by atoms with Crippen LogP contribution in [0.5, 0.6) is 0 Å². The molecule has 2 rings (SSSR count). The molecule has 1 aromatic heterocycles. The third-order valence-corrected chi connectivity index (χ3v) is 2.51. The molecule has 5 nitrogen and oxygen atoms in total. The van der Waals surface area contributed by atoms with Crippen molar-refractivity contribution in [3.63, 3.8) is 0 Å². The van der Waals surface area contributed by atoms with Gasteiger partial charge in [0.15, 0.2) is 0 Å². The zero-order chi connectivity index (χ0) is 14.4. The fourth-order valence-electron chi connectivity index (χ4n) is 1.62. The smallest absolute Gasteiger partial charge is 0.272 e. The number of nitrogens with two attached hydrogens (primary N) is 1. The van der Waals surface area contributed by atoms with Gasteiger partial charge in [0.2, 0.25) is 5.56 Å². The number of carbonyl (C=O) groups is 1. The maximum atomic E-state index is 12.0. The predicted molar refractivity (Wildman–Crippen MR) is 77.4 cm³/mol. The van der Waals surface area contributed by atoms with Gasteiger partial charge in [-0.1, -0.05) is 30.0 Å². The van der Waals surface area contributed by atoms with Crippen LogP contribution in [0.15, 0.2) is 47.3 Å². The average molecular weight is 267 g/mol. The summed E-state index contributed by atoms with van der Waals surface area (Å²) in [7, 11) is 0. The molecule has 20 heavy (non-hydrogen) atoms. The summed E-state index contributed by atoms with van der Waals surface area (Å²) >= 11 is 0. The summed E-state index contributed by atoms with van der Waals surface area (Å²) in [5.41, 5.74) is 6.45. The molecule has 0 bridgehead atoms. The van der Waals surface area contributed by atoms with Crippen molar-refractivity contribution < 1.29 is 4.79 Å². The lowest BCUT2D eigenvalue weighted by Gasteiger charge is -2.07. The third-order valence-electron chi connectivity index (χ3n) is 2.51. The number of hydrogen-bond donors (Lipinski definition) is 3. The number of H-pyrrole nitrogens is 1. The van der Waals surface area contributed by atoms with Crippen LogP contribution < -0.4 is 16.6 Å². The highest BCUT2D eigenvalue weighted by molar-refractivity contribution is 6.03. The maximum Gasteiger partial charge on any atom is 0.272 e. The highest BCUT2D eigenvalue weighted by atomic mass is 16.2. The molecule has 100 valence electrons. The van der Waals surface area contributed by atoms with Gasteiger partial charge < -0.3 is 16.0 Å². The predicted octanol–water partition coefficient (Wildman–Crippen LogP) is 0.937. The van der Waals surface area contributed by atoms with Crippen molar-refractivity contribution in [2.45, 2.75) is 0 Å². The zero-order valence-corrected chi connectivity index (χ0v) is 10.6. The Morgan fingerprint density at radius 3 is 2.75 bits per heavy atom. The molecule has 0 saturated heterocycles. The number of anilines is 1. The van der Waals surface area contributed by atoms with Gasteiger partial charge in [-0.25, -0.2) is 0 Å². The molecule has 1 aromatic carbocycles. The van der Waals surface area contributed by atoms with E-state index >= 15 is 0 Å². The zero-order valence-electron chi connectivity index (χ0n) is 10.6. The van der Waals surface area contributed by atoms with E-state index in [1.54, 1.807) is 18.2 Å². The van der Waals surface area contributed by atoms with Crippen molar-refractivity contribution in [3.8, 4) is 11.8 Å². The molecule has 0 aliphatic rings. The van der Waals surface area contributed by atoms with Gasteiger partial charge in [0.25, 0.3) is 5.91 Å². The Hall–Kier alpha value is -2.84. The minimum absolute atomic E-state index is 0.194. The van der Waals surface area contributed by atoms with Gasteiger partial charge in [0, 0.05) is 11.6 Å². The maximum absolute atomic E-state index is 12.0. The van der Waals surface area contributed by atoms with E-state index in [1.807, 2.05) is 6.07 Å². The van der Waals surface area contributed by atoms with Crippen LogP contribution in [0.1, 0.15) is 16.1 Å². The fraction of sp³-hybridized carbons (Fsp3) is 0.0667. The van der Waals surface area contributed by atoms with Crippen LogP contribution in [0.25, 0.3) is 0 Å². The van der Waals surface area contributed by atoms with E-state index in [2.05, 4.69) is 22.1 Å². The first-order valence-electron chi connectivity index (χ1n) is 5.99. The minimum Gasteiger partial charge on any atom is -0.320 e. The molecule has 0 fully saturated rings. The van der Waals surface area contributed by atoms with Gasteiger partial charge >= 0.3 is 0 Å². The van der Waals surface area contributed by atoms with E-state index in [9.17, 15) is 9.59 Å². The summed E-state index contributed by atoms with van der Waals surface area (Å²) in [6.45, 7) is 0.244. The first-order chi connectivity index (χ1) is 9.70. The number of rotatable bonds is 2. The summed E-state index contributed by atoms with van der Waals surface area (Å²) < 4.78 is 0. The Bertz CT molecular complexity index is 738. The lowest BCUT2D eigenvalue weighted by Crippen LogP contribution is -2.18. The van der Waals surface area contributed by atoms with Crippen molar-refractivity contribution in [2.75, 3.05) is 11.9 Å². The molecule has 4 N–H and O–H groups in total. The monoisotopic (exact) mass is 267 g/mol. The summed E-state index contributed by atoms with van der Waals surface area (Å²) in [6.07, 6.45) is 0. The molecular formula is C15H13N3O2. The molecule has 1 amide bonds. The molecule has 0 aliphatic heterocycles. The fourth-order valence-corrected chi connectivity index (χ4v) is 1.62. The Morgan fingerprint density at radius 2 is 2.00 bits per heavy atom. The number of aromatic nitrogens is 1. The average Bonchev–Trinajstić information content (AvgIpc) is 2.46. The number of carbonyl (C=O) groups excluding carboxylic acids is 1. The van der Waals surface area contributed by atoms with E-state index in [-0.39, 0.29) is 17.8 Å². The normalized spacial score (nSPS) is 9.45. The van der Waals surface area contributed by atoms with Gasteiger partial charge in [-0.05, 0) is 18.2 Å². The van der Waals surface area contributed by atoms with Crippen LogP contribution in [0.4, 0.5) is 5.69 Å². The first kappa shape index (κ1) is 13.6. The van der Waals surface area contributed by atoms with E-state index in [0.29, 0.717) is 11.3 Å². The van der Waals surface area contributed by atoms with E-state index in [0.717, 1.165) is 0 Å².